The van der Waals surface area contributed by atoms with E-state index in [0.717, 1.165) is 5.01 Å². The number of methoxy groups -OCH3 is 2. The van der Waals surface area contributed by atoms with Crippen molar-refractivity contribution in [3.05, 3.63) is 53.6 Å². The lowest BCUT2D eigenvalue weighted by Crippen LogP contribution is -2.48. The fraction of sp³-hybridized carbons (Fsp3) is 0.273. The second-order valence-electron chi connectivity index (χ2n) is 7.25. The number of aliphatic carboxylic acids is 1. The number of carbonyl (C=O) groups excluding carboxylic acids is 2. The van der Waals surface area contributed by atoms with Gasteiger partial charge in [-0.3, -0.25) is 14.4 Å². The highest BCUT2D eigenvalue weighted by atomic mass is 16.5. The fourth-order valence-corrected chi connectivity index (χ4v) is 4.01. The van der Waals surface area contributed by atoms with Gasteiger partial charge in [0.05, 0.1) is 26.4 Å². The summed E-state index contributed by atoms with van der Waals surface area (Å²) >= 11 is 0. The molecule has 1 unspecified atom stereocenters. The summed E-state index contributed by atoms with van der Waals surface area (Å²) in [6.45, 7) is 0. The monoisotopic (exact) mass is 423 g/mol. The average molecular weight is 423 g/mol. The summed E-state index contributed by atoms with van der Waals surface area (Å²) in [4.78, 5) is 37.2. The number of carboxylic acids is 1. The highest BCUT2D eigenvalue weighted by Crippen LogP contribution is 2.47. The van der Waals surface area contributed by atoms with Gasteiger partial charge >= 0.3 is 5.97 Å². The standard InChI is InChI=1S/C22H21N3O6/c1-30-17-8-7-13(11-18(17)31-2)16-12-22(25(24-16)19(26)9-10-20(27)28)14-5-3-4-6-15(14)23-21(22)29/h3-8,11H,9-10,12H2,1-2H3,(H,23,29)(H,27,28). The molecule has 0 saturated heterocycles. The molecular weight excluding hydrogens is 402 g/mol. The van der Waals surface area contributed by atoms with E-state index in [-0.39, 0.29) is 25.2 Å². The van der Waals surface area contributed by atoms with Gasteiger partial charge in [-0.25, -0.2) is 5.01 Å². The fourth-order valence-electron chi connectivity index (χ4n) is 4.01. The van der Waals surface area contributed by atoms with Crippen molar-refractivity contribution in [1.29, 1.82) is 0 Å². The SMILES string of the molecule is COc1ccc(C2=NN(C(=O)CCC(=O)O)C3(C2)C(=O)Nc2ccccc23)cc1OC. The van der Waals surface area contributed by atoms with Crippen molar-refractivity contribution >= 4 is 29.2 Å². The van der Waals surface area contributed by atoms with Gasteiger partial charge in [0.25, 0.3) is 5.91 Å². The minimum atomic E-state index is -1.37. The van der Waals surface area contributed by atoms with Crippen LogP contribution in [0.25, 0.3) is 0 Å². The molecule has 4 rings (SSSR count). The summed E-state index contributed by atoms with van der Waals surface area (Å²) < 4.78 is 10.6. The van der Waals surface area contributed by atoms with Gasteiger partial charge in [-0.1, -0.05) is 18.2 Å². The van der Waals surface area contributed by atoms with Crippen LogP contribution < -0.4 is 14.8 Å². The van der Waals surface area contributed by atoms with E-state index in [4.69, 9.17) is 14.6 Å². The lowest BCUT2D eigenvalue weighted by molar-refractivity contribution is -0.146. The van der Waals surface area contributed by atoms with Crippen LogP contribution in [-0.2, 0) is 19.9 Å². The molecule has 2 aromatic carbocycles. The third kappa shape index (κ3) is 3.27. The Hall–Kier alpha value is -3.88. The molecule has 160 valence electrons. The molecule has 2 aliphatic rings. The van der Waals surface area contributed by atoms with Gasteiger partial charge in [0.2, 0.25) is 5.91 Å². The second kappa shape index (κ2) is 7.75. The number of rotatable bonds is 6. The van der Waals surface area contributed by atoms with Gasteiger partial charge < -0.3 is 19.9 Å². The number of nitrogens with one attached hydrogen (secondary N) is 1. The summed E-state index contributed by atoms with van der Waals surface area (Å²) in [5, 5.41) is 17.5. The molecule has 1 spiro atoms. The summed E-state index contributed by atoms with van der Waals surface area (Å²) in [5.41, 5.74) is 1.05. The number of carbonyl (C=O) groups is 3. The van der Waals surface area contributed by atoms with Crippen LogP contribution in [0.15, 0.2) is 47.6 Å². The van der Waals surface area contributed by atoms with Crippen LogP contribution in [0.1, 0.15) is 30.4 Å². The highest BCUT2D eigenvalue weighted by molar-refractivity contribution is 6.15. The molecule has 2 amide bonds. The van der Waals surface area contributed by atoms with Crippen molar-refractivity contribution < 1.29 is 29.0 Å². The largest absolute Gasteiger partial charge is 0.493 e. The van der Waals surface area contributed by atoms with Crippen molar-refractivity contribution in [2.45, 2.75) is 24.8 Å². The quantitative estimate of drug-likeness (QED) is 0.737. The molecule has 9 nitrogen and oxygen atoms in total. The minimum absolute atomic E-state index is 0.143. The molecule has 0 radical (unpaired) electrons. The van der Waals surface area contributed by atoms with Crippen molar-refractivity contribution in [3.63, 3.8) is 0 Å². The first kappa shape index (κ1) is 20.4. The normalized spacial score (nSPS) is 19.1. The highest BCUT2D eigenvalue weighted by Gasteiger charge is 2.57. The molecule has 9 heteroatoms. The van der Waals surface area contributed by atoms with E-state index in [1.165, 1.54) is 14.2 Å². The number of benzene rings is 2. The molecule has 2 heterocycles. The van der Waals surface area contributed by atoms with Gasteiger partial charge in [0, 0.05) is 29.7 Å². The number of hydrogen-bond acceptors (Lipinski definition) is 6. The number of hydrazone groups is 1. The summed E-state index contributed by atoms with van der Waals surface area (Å²) in [7, 11) is 3.05. The van der Waals surface area contributed by atoms with Crippen molar-refractivity contribution in [2.75, 3.05) is 19.5 Å². The van der Waals surface area contributed by atoms with Gasteiger partial charge in [0.15, 0.2) is 17.0 Å². The van der Waals surface area contributed by atoms with Crippen LogP contribution in [0.5, 0.6) is 11.5 Å². The molecule has 2 aliphatic heterocycles. The maximum Gasteiger partial charge on any atom is 0.303 e. The second-order valence-corrected chi connectivity index (χ2v) is 7.25. The van der Waals surface area contributed by atoms with E-state index >= 15 is 0 Å². The van der Waals surface area contributed by atoms with Crippen molar-refractivity contribution in [3.8, 4) is 11.5 Å². The van der Waals surface area contributed by atoms with E-state index < -0.39 is 17.4 Å². The Balaban J connectivity index is 1.80. The molecule has 0 aromatic heterocycles. The predicted molar refractivity (Wildman–Crippen MR) is 111 cm³/mol. The smallest absolute Gasteiger partial charge is 0.303 e. The maximum atomic E-state index is 13.2. The van der Waals surface area contributed by atoms with Crippen LogP contribution in [0.4, 0.5) is 5.69 Å². The summed E-state index contributed by atoms with van der Waals surface area (Å²) in [6, 6.07) is 12.3. The molecule has 2 aromatic rings. The summed E-state index contributed by atoms with van der Waals surface area (Å²) in [5.74, 6) is -0.982. The molecule has 2 N–H and O–H groups in total. The zero-order chi connectivity index (χ0) is 22.2. The first-order valence-corrected chi connectivity index (χ1v) is 9.66. The topological polar surface area (TPSA) is 118 Å². The van der Waals surface area contributed by atoms with Crippen molar-refractivity contribution in [1.82, 2.24) is 5.01 Å². The average Bonchev–Trinajstić information content (AvgIpc) is 3.31. The number of nitrogens with zero attached hydrogens (tertiary/aromatic N) is 2. The number of carboxylic acid groups (broad SMARTS) is 1. The van der Waals surface area contributed by atoms with Gasteiger partial charge in [-0.15, -0.1) is 0 Å². The number of amides is 2. The Kier molecular flexibility index (Phi) is 5.10. The molecule has 0 bridgehead atoms. The molecule has 0 fully saturated rings. The van der Waals surface area contributed by atoms with Crippen LogP contribution in [0, 0.1) is 0 Å². The van der Waals surface area contributed by atoms with Gasteiger partial charge in [-0.2, -0.15) is 5.10 Å². The van der Waals surface area contributed by atoms with Crippen LogP contribution in [0.3, 0.4) is 0 Å². The Labute approximate surface area is 178 Å². The minimum Gasteiger partial charge on any atom is -0.493 e. The zero-order valence-electron chi connectivity index (χ0n) is 17.0. The van der Waals surface area contributed by atoms with E-state index in [1.54, 1.807) is 42.5 Å². The van der Waals surface area contributed by atoms with Gasteiger partial charge in [-0.05, 0) is 24.3 Å². The maximum absolute atomic E-state index is 13.2. The molecule has 31 heavy (non-hydrogen) atoms. The van der Waals surface area contributed by atoms with Crippen LogP contribution >= 0.6 is 0 Å². The molecule has 0 aliphatic carbocycles. The Bertz CT molecular complexity index is 1110. The van der Waals surface area contributed by atoms with E-state index in [1.807, 2.05) is 0 Å². The predicted octanol–water partition coefficient (Wildman–Crippen LogP) is 2.35. The number of hydrogen-bond donors (Lipinski definition) is 2. The van der Waals surface area contributed by atoms with Crippen LogP contribution in [-0.4, -0.2) is 47.8 Å². The Morgan fingerprint density at radius 2 is 1.87 bits per heavy atom. The van der Waals surface area contributed by atoms with E-state index in [0.29, 0.717) is 34.0 Å². The number of ether oxygens (including phenoxy) is 2. The van der Waals surface area contributed by atoms with E-state index in [9.17, 15) is 14.4 Å². The number of para-hydroxylation sites is 1. The van der Waals surface area contributed by atoms with Gasteiger partial charge in [0.1, 0.15) is 0 Å². The summed E-state index contributed by atoms with van der Waals surface area (Å²) in [6.07, 6.45) is -0.477. The molecule has 1 atom stereocenters. The first-order valence-electron chi connectivity index (χ1n) is 9.66. The third-order valence-corrected chi connectivity index (χ3v) is 5.51. The number of fused-ring (bicyclic) bond motifs is 2. The third-order valence-electron chi connectivity index (χ3n) is 5.51. The lowest BCUT2D eigenvalue weighted by atomic mass is 9.84. The lowest BCUT2D eigenvalue weighted by Gasteiger charge is -2.30. The first-order chi connectivity index (χ1) is 14.9. The molecular formula is C22H21N3O6. The van der Waals surface area contributed by atoms with Crippen LogP contribution in [0.2, 0.25) is 0 Å². The van der Waals surface area contributed by atoms with Crippen molar-refractivity contribution in [2.24, 2.45) is 5.10 Å². The Morgan fingerprint density at radius 1 is 1.13 bits per heavy atom. The van der Waals surface area contributed by atoms with E-state index in [2.05, 4.69) is 10.4 Å². The zero-order valence-corrected chi connectivity index (χ0v) is 17.0. The number of anilines is 1. The molecule has 0 saturated carbocycles. The Morgan fingerprint density at radius 3 is 2.58 bits per heavy atom.